The van der Waals surface area contributed by atoms with Gasteiger partial charge in [-0.25, -0.2) is 9.37 Å². The summed E-state index contributed by atoms with van der Waals surface area (Å²) in [6.45, 7) is 0.624. The van der Waals surface area contributed by atoms with Crippen LogP contribution in [-0.2, 0) is 10.2 Å². The zero-order chi connectivity index (χ0) is 23.5. The lowest BCUT2D eigenvalue weighted by Gasteiger charge is -2.17. The number of carbonyl (C=O) groups excluding carboxylic acids is 2. The lowest BCUT2D eigenvalue weighted by Crippen LogP contribution is -2.32. The van der Waals surface area contributed by atoms with Gasteiger partial charge in [-0.15, -0.1) is 0 Å². The Morgan fingerprint density at radius 1 is 1.06 bits per heavy atom. The topological polar surface area (TPSA) is 89.6 Å². The average molecular weight is 480 g/mol. The second-order valence-electron chi connectivity index (χ2n) is 8.23. The number of carbonyl (C=O) groups is 2. The van der Waals surface area contributed by atoms with Gasteiger partial charge in [0, 0.05) is 29.9 Å². The summed E-state index contributed by atoms with van der Waals surface area (Å²) in [6, 6.07) is 15.0. The maximum absolute atomic E-state index is 13.3. The summed E-state index contributed by atoms with van der Waals surface area (Å²) in [5, 5.41) is 6.29. The number of fused-ring (bicyclic) bond motifs is 1. The van der Waals surface area contributed by atoms with Crippen LogP contribution < -0.4 is 20.1 Å². The number of nitrogens with one attached hydrogen (secondary N) is 2. The lowest BCUT2D eigenvalue weighted by atomic mass is 9.96. The van der Waals surface area contributed by atoms with Gasteiger partial charge in [-0.1, -0.05) is 23.9 Å². The number of anilines is 1. The van der Waals surface area contributed by atoms with E-state index in [0.29, 0.717) is 34.3 Å². The van der Waals surface area contributed by atoms with Crippen molar-refractivity contribution >= 4 is 29.3 Å². The minimum Gasteiger partial charge on any atom is -0.454 e. The van der Waals surface area contributed by atoms with Crippen LogP contribution in [-0.4, -0.2) is 35.9 Å². The molecule has 0 spiro atoms. The molecule has 1 aromatic heterocycles. The maximum Gasteiger partial charge on any atom is 0.254 e. The van der Waals surface area contributed by atoms with Gasteiger partial charge in [0.05, 0.1) is 11.3 Å². The van der Waals surface area contributed by atoms with E-state index in [9.17, 15) is 14.0 Å². The highest BCUT2D eigenvalue weighted by Crippen LogP contribution is 2.47. The Labute approximate surface area is 200 Å². The first-order valence-electron chi connectivity index (χ1n) is 10.8. The van der Waals surface area contributed by atoms with E-state index >= 15 is 0 Å². The molecule has 9 heteroatoms. The van der Waals surface area contributed by atoms with Gasteiger partial charge in [-0.3, -0.25) is 9.59 Å². The molecule has 1 fully saturated rings. The second kappa shape index (κ2) is 9.34. The van der Waals surface area contributed by atoms with Crippen LogP contribution >= 0.6 is 11.8 Å². The van der Waals surface area contributed by atoms with Crippen molar-refractivity contribution in [1.82, 2.24) is 10.3 Å². The molecule has 2 aliphatic rings. The number of nitrogens with zero attached hydrogens (tertiary/aromatic N) is 1. The quantitative estimate of drug-likeness (QED) is 0.472. The molecule has 2 N–H and O–H groups in total. The number of thioether (sulfide) groups is 1. The van der Waals surface area contributed by atoms with Crippen LogP contribution in [0.25, 0.3) is 0 Å². The van der Waals surface area contributed by atoms with Gasteiger partial charge < -0.3 is 20.1 Å². The minimum atomic E-state index is -0.275. The van der Waals surface area contributed by atoms with E-state index in [0.717, 1.165) is 18.4 Å². The SMILES string of the molecule is O=C(CSc1ncccc1C(=O)NCC1(c2ccc(F)cc2)CC1)Nc1ccc2c(c1)OCO2. The molecule has 2 heterocycles. The zero-order valence-electron chi connectivity index (χ0n) is 18.2. The second-order valence-corrected chi connectivity index (χ2v) is 9.19. The Morgan fingerprint density at radius 2 is 1.85 bits per heavy atom. The van der Waals surface area contributed by atoms with Gasteiger partial charge in [0.25, 0.3) is 5.91 Å². The molecule has 174 valence electrons. The van der Waals surface area contributed by atoms with Gasteiger partial charge in [0.2, 0.25) is 12.7 Å². The molecule has 34 heavy (non-hydrogen) atoms. The fraction of sp³-hybridized carbons (Fsp3) is 0.240. The molecule has 0 unspecified atom stereocenters. The molecular formula is C25H22FN3O4S. The first-order valence-corrected chi connectivity index (χ1v) is 11.8. The summed E-state index contributed by atoms with van der Waals surface area (Å²) in [7, 11) is 0. The smallest absolute Gasteiger partial charge is 0.254 e. The Morgan fingerprint density at radius 3 is 2.65 bits per heavy atom. The normalized spacial score (nSPS) is 15.0. The van der Waals surface area contributed by atoms with E-state index in [2.05, 4.69) is 15.6 Å². The Hall–Kier alpha value is -3.59. The number of amides is 2. The summed E-state index contributed by atoms with van der Waals surface area (Å²) in [4.78, 5) is 29.7. The predicted octanol–water partition coefficient (Wildman–Crippen LogP) is 4.14. The van der Waals surface area contributed by atoms with E-state index in [1.54, 1.807) is 48.7 Å². The van der Waals surface area contributed by atoms with Gasteiger partial charge in [0.15, 0.2) is 11.5 Å². The van der Waals surface area contributed by atoms with Crippen molar-refractivity contribution in [3.63, 3.8) is 0 Å². The fourth-order valence-electron chi connectivity index (χ4n) is 3.85. The van der Waals surface area contributed by atoms with Gasteiger partial charge in [-0.2, -0.15) is 0 Å². The molecule has 2 aromatic carbocycles. The van der Waals surface area contributed by atoms with Crippen molar-refractivity contribution in [3.8, 4) is 11.5 Å². The van der Waals surface area contributed by atoms with E-state index in [4.69, 9.17) is 9.47 Å². The molecule has 0 atom stereocenters. The summed E-state index contributed by atoms with van der Waals surface area (Å²) < 4.78 is 23.9. The molecule has 0 saturated heterocycles. The highest BCUT2D eigenvalue weighted by Gasteiger charge is 2.44. The fourth-order valence-corrected chi connectivity index (χ4v) is 4.64. The van der Waals surface area contributed by atoms with Crippen molar-refractivity contribution in [2.45, 2.75) is 23.3 Å². The first-order chi connectivity index (χ1) is 16.5. The molecular weight excluding hydrogens is 457 g/mol. The molecule has 0 bridgehead atoms. The number of benzene rings is 2. The van der Waals surface area contributed by atoms with Crippen molar-refractivity contribution < 1.29 is 23.5 Å². The average Bonchev–Trinajstić information content (AvgIpc) is 3.50. The number of rotatable bonds is 8. The van der Waals surface area contributed by atoms with Crippen molar-refractivity contribution in [2.75, 3.05) is 24.4 Å². The Bertz CT molecular complexity index is 1230. The maximum atomic E-state index is 13.3. The molecule has 1 saturated carbocycles. The van der Waals surface area contributed by atoms with Crippen LogP contribution in [0.3, 0.4) is 0 Å². The highest BCUT2D eigenvalue weighted by molar-refractivity contribution is 8.00. The molecule has 3 aromatic rings. The predicted molar refractivity (Wildman–Crippen MR) is 126 cm³/mol. The lowest BCUT2D eigenvalue weighted by molar-refractivity contribution is -0.113. The van der Waals surface area contributed by atoms with E-state index in [1.165, 1.54) is 23.9 Å². The number of aromatic nitrogens is 1. The Kier molecular flexibility index (Phi) is 6.10. The van der Waals surface area contributed by atoms with E-state index in [1.807, 2.05) is 0 Å². The summed E-state index contributed by atoms with van der Waals surface area (Å²) in [5.41, 5.74) is 1.89. The molecule has 1 aliphatic carbocycles. The molecule has 7 nitrogen and oxygen atoms in total. The molecule has 5 rings (SSSR count). The summed E-state index contributed by atoms with van der Waals surface area (Å²) in [6.07, 6.45) is 3.47. The monoisotopic (exact) mass is 479 g/mol. The molecule has 2 amide bonds. The van der Waals surface area contributed by atoms with Crippen LogP contribution in [0.2, 0.25) is 0 Å². The van der Waals surface area contributed by atoms with Crippen LogP contribution in [0, 0.1) is 5.82 Å². The van der Waals surface area contributed by atoms with Crippen molar-refractivity contribution in [2.24, 2.45) is 0 Å². The number of pyridine rings is 1. The van der Waals surface area contributed by atoms with Crippen LogP contribution in [0.15, 0.2) is 65.8 Å². The number of hydrogen-bond donors (Lipinski definition) is 2. The molecule has 0 radical (unpaired) electrons. The molecule has 1 aliphatic heterocycles. The van der Waals surface area contributed by atoms with Gasteiger partial charge in [0.1, 0.15) is 10.8 Å². The third-order valence-corrected chi connectivity index (χ3v) is 6.91. The number of ether oxygens (including phenoxy) is 2. The van der Waals surface area contributed by atoms with Gasteiger partial charge >= 0.3 is 0 Å². The zero-order valence-corrected chi connectivity index (χ0v) is 19.0. The standard InChI is InChI=1S/C25H22FN3O4S/c26-17-5-3-16(4-6-17)25(9-10-25)14-28-23(31)19-2-1-11-27-24(19)34-13-22(30)29-18-7-8-20-21(12-18)33-15-32-20/h1-8,11-12H,9-10,13-15H2,(H,28,31)(H,29,30). The highest BCUT2D eigenvalue weighted by atomic mass is 32.2. The third-order valence-electron chi connectivity index (χ3n) is 5.91. The summed E-state index contributed by atoms with van der Waals surface area (Å²) >= 11 is 1.19. The van der Waals surface area contributed by atoms with Crippen LogP contribution in [0.5, 0.6) is 11.5 Å². The van der Waals surface area contributed by atoms with Crippen LogP contribution in [0.4, 0.5) is 10.1 Å². The van der Waals surface area contributed by atoms with Crippen LogP contribution in [0.1, 0.15) is 28.8 Å². The van der Waals surface area contributed by atoms with Crippen molar-refractivity contribution in [1.29, 1.82) is 0 Å². The largest absolute Gasteiger partial charge is 0.454 e. The minimum absolute atomic E-state index is 0.0885. The van der Waals surface area contributed by atoms with E-state index < -0.39 is 0 Å². The Balaban J connectivity index is 1.18. The van der Waals surface area contributed by atoms with Crippen molar-refractivity contribution in [3.05, 3.63) is 77.7 Å². The number of halogens is 1. The summed E-state index contributed by atoms with van der Waals surface area (Å²) in [5.74, 6) is 0.565. The first kappa shape index (κ1) is 22.2. The number of hydrogen-bond acceptors (Lipinski definition) is 6. The van der Waals surface area contributed by atoms with E-state index in [-0.39, 0.29) is 35.6 Å². The van der Waals surface area contributed by atoms with Gasteiger partial charge in [-0.05, 0) is 54.8 Å². The third kappa shape index (κ3) is 4.84.